The molecule has 1 amide bonds. The molecule has 0 spiro atoms. The first kappa shape index (κ1) is 16.7. The van der Waals surface area contributed by atoms with Crippen molar-refractivity contribution in [1.82, 2.24) is 10.1 Å². The maximum Gasteiger partial charge on any atom is 0.278 e. The topological polar surface area (TPSA) is 77.2 Å². The van der Waals surface area contributed by atoms with Crippen molar-refractivity contribution in [3.8, 4) is 5.75 Å². The molecule has 0 radical (unpaired) electrons. The average Bonchev–Trinajstić information content (AvgIpc) is 2.96. The van der Waals surface area contributed by atoms with Gasteiger partial charge in [0.25, 0.3) is 5.91 Å². The maximum absolute atomic E-state index is 12.5. The molecular weight excluding hydrogens is 318 g/mol. The van der Waals surface area contributed by atoms with Gasteiger partial charge in [-0.25, -0.2) is 0 Å². The highest BCUT2D eigenvalue weighted by molar-refractivity contribution is 6.03. The third-order valence-corrected chi connectivity index (χ3v) is 3.84. The van der Waals surface area contributed by atoms with Crippen molar-refractivity contribution >= 4 is 11.6 Å². The van der Waals surface area contributed by atoms with Crippen molar-refractivity contribution in [2.45, 2.75) is 27.4 Å². The number of pyridine rings is 1. The lowest BCUT2D eigenvalue weighted by molar-refractivity contribution is 0.101. The summed E-state index contributed by atoms with van der Waals surface area (Å²) in [6.45, 7) is 5.98. The molecule has 0 unspecified atom stereocenters. The van der Waals surface area contributed by atoms with Crippen molar-refractivity contribution < 1.29 is 14.1 Å². The third-order valence-electron chi connectivity index (χ3n) is 3.84. The summed E-state index contributed by atoms with van der Waals surface area (Å²) >= 11 is 0. The van der Waals surface area contributed by atoms with E-state index in [0.29, 0.717) is 17.0 Å². The molecule has 25 heavy (non-hydrogen) atoms. The molecule has 1 N–H and O–H groups in total. The minimum atomic E-state index is -0.345. The number of benzene rings is 1. The fourth-order valence-electron chi connectivity index (χ4n) is 2.48. The zero-order valence-electron chi connectivity index (χ0n) is 14.4. The van der Waals surface area contributed by atoms with Crippen LogP contribution in [0.5, 0.6) is 5.75 Å². The number of rotatable bonds is 5. The molecule has 3 aromatic rings. The second-order valence-corrected chi connectivity index (χ2v) is 5.81. The van der Waals surface area contributed by atoms with Crippen LogP contribution in [0.2, 0.25) is 0 Å². The van der Waals surface area contributed by atoms with E-state index in [0.717, 1.165) is 11.3 Å². The van der Waals surface area contributed by atoms with Gasteiger partial charge in [-0.05, 0) is 44.5 Å². The van der Waals surface area contributed by atoms with Crippen LogP contribution in [0.4, 0.5) is 5.69 Å². The second-order valence-electron chi connectivity index (χ2n) is 5.81. The van der Waals surface area contributed by atoms with E-state index >= 15 is 0 Å². The quantitative estimate of drug-likeness (QED) is 0.766. The number of anilines is 1. The molecule has 1 aromatic carbocycles. The van der Waals surface area contributed by atoms with E-state index in [4.69, 9.17) is 9.26 Å². The Morgan fingerprint density at radius 3 is 2.64 bits per heavy atom. The van der Waals surface area contributed by atoms with Crippen LogP contribution in [0.15, 0.2) is 47.2 Å². The van der Waals surface area contributed by atoms with Crippen LogP contribution in [-0.2, 0) is 6.61 Å². The Hall–Kier alpha value is -3.15. The minimum absolute atomic E-state index is 0.207. The van der Waals surface area contributed by atoms with Crippen LogP contribution >= 0.6 is 0 Å². The van der Waals surface area contributed by atoms with E-state index in [1.807, 2.05) is 32.0 Å². The molecule has 6 nitrogen and oxygen atoms in total. The molecule has 0 atom stereocenters. The van der Waals surface area contributed by atoms with Gasteiger partial charge < -0.3 is 14.6 Å². The Morgan fingerprint density at radius 1 is 1.16 bits per heavy atom. The van der Waals surface area contributed by atoms with E-state index in [1.54, 1.807) is 31.5 Å². The van der Waals surface area contributed by atoms with Crippen LogP contribution in [0.1, 0.15) is 32.9 Å². The normalized spacial score (nSPS) is 10.5. The molecule has 0 aliphatic carbocycles. The first-order valence-electron chi connectivity index (χ1n) is 7.91. The van der Waals surface area contributed by atoms with Crippen LogP contribution in [0.25, 0.3) is 0 Å². The van der Waals surface area contributed by atoms with Gasteiger partial charge >= 0.3 is 0 Å². The Labute approximate surface area is 145 Å². The first-order valence-corrected chi connectivity index (χ1v) is 7.91. The van der Waals surface area contributed by atoms with Gasteiger partial charge in [0.2, 0.25) is 0 Å². The molecule has 0 fully saturated rings. The van der Waals surface area contributed by atoms with Gasteiger partial charge in [0.1, 0.15) is 18.1 Å². The number of ether oxygens (including phenoxy) is 1. The van der Waals surface area contributed by atoms with Gasteiger partial charge in [-0.1, -0.05) is 22.9 Å². The highest BCUT2D eigenvalue weighted by Crippen LogP contribution is 2.22. The van der Waals surface area contributed by atoms with Crippen molar-refractivity contribution in [3.05, 3.63) is 70.9 Å². The summed E-state index contributed by atoms with van der Waals surface area (Å²) in [5.74, 6) is 0.985. The predicted molar refractivity (Wildman–Crippen MR) is 93.7 cm³/mol. The van der Waals surface area contributed by atoms with Crippen molar-refractivity contribution in [3.63, 3.8) is 0 Å². The molecule has 3 rings (SSSR count). The molecule has 0 saturated heterocycles. The van der Waals surface area contributed by atoms with E-state index in [1.165, 1.54) is 5.56 Å². The molecular formula is C19H19N3O3. The number of hydrogen-bond acceptors (Lipinski definition) is 5. The maximum atomic E-state index is 12.5. The first-order chi connectivity index (χ1) is 12.0. The Balaban J connectivity index is 1.76. The largest absolute Gasteiger partial charge is 0.488 e. The van der Waals surface area contributed by atoms with Gasteiger partial charge in [-0.2, -0.15) is 0 Å². The molecule has 0 bridgehead atoms. The monoisotopic (exact) mass is 337 g/mol. The Morgan fingerprint density at radius 2 is 1.92 bits per heavy atom. The Bertz CT molecular complexity index is 888. The minimum Gasteiger partial charge on any atom is -0.488 e. The van der Waals surface area contributed by atoms with E-state index in [9.17, 15) is 4.79 Å². The number of nitrogens with zero attached hydrogens (tertiary/aromatic N) is 2. The van der Waals surface area contributed by atoms with Crippen molar-refractivity contribution in [2.75, 3.05) is 5.32 Å². The molecule has 0 aliphatic heterocycles. The van der Waals surface area contributed by atoms with Crippen molar-refractivity contribution in [1.29, 1.82) is 0 Å². The standard InChI is InChI=1S/C19H19N3O3/c1-12-4-5-17(13(2)10-12)24-11-16-14(3)25-22-18(16)19(23)21-15-6-8-20-9-7-15/h4-10H,11H2,1-3H3,(H,20,21,23). The van der Waals surface area contributed by atoms with Crippen molar-refractivity contribution in [2.24, 2.45) is 0 Å². The lowest BCUT2D eigenvalue weighted by Gasteiger charge is -2.10. The van der Waals surface area contributed by atoms with E-state index in [-0.39, 0.29) is 18.2 Å². The van der Waals surface area contributed by atoms with Gasteiger partial charge in [-0.3, -0.25) is 9.78 Å². The molecule has 0 saturated carbocycles. The van der Waals surface area contributed by atoms with Crippen LogP contribution in [0, 0.1) is 20.8 Å². The van der Waals surface area contributed by atoms with Gasteiger partial charge in [-0.15, -0.1) is 0 Å². The highest BCUT2D eigenvalue weighted by Gasteiger charge is 2.20. The van der Waals surface area contributed by atoms with Crippen LogP contribution < -0.4 is 10.1 Å². The smallest absolute Gasteiger partial charge is 0.278 e. The number of aryl methyl sites for hydroxylation is 3. The highest BCUT2D eigenvalue weighted by atomic mass is 16.5. The molecule has 128 valence electrons. The lowest BCUT2D eigenvalue weighted by Crippen LogP contribution is -2.15. The van der Waals surface area contributed by atoms with Gasteiger partial charge in [0.05, 0.1) is 5.56 Å². The van der Waals surface area contributed by atoms with Crippen LogP contribution in [-0.4, -0.2) is 16.0 Å². The molecule has 2 aromatic heterocycles. The number of aromatic nitrogens is 2. The summed E-state index contributed by atoms with van der Waals surface area (Å²) in [4.78, 5) is 16.4. The second kappa shape index (κ2) is 7.17. The van der Waals surface area contributed by atoms with E-state index in [2.05, 4.69) is 15.5 Å². The van der Waals surface area contributed by atoms with E-state index < -0.39 is 0 Å². The van der Waals surface area contributed by atoms with Crippen LogP contribution in [0.3, 0.4) is 0 Å². The van der Waals surface area contributed by atoms with Gasteiger partial charge in [0.15, 0.2) is 5.69 Å². The number of carbonyl (C=O) groups is 1. The number of carbonyl (C=O) groups excluding carboxylic acids is 1. The summed E-state index contributed by atoms with van der Waals surface area (Å²) in [6.07, 6.45) is 3.21. The Kier molecular flexibility index (Phi) is 4.79. The number of nitrogens with one attached hydrogen (secondary N) is 1. The fourth-order valence-corrected chi connectivity index (χ4v) is 2.48. The average molecular weight is 337 g/mol. The third kappa shape index (κ3) is 3.85. The summed E-state index contributed by atoms with van der Waals surface area (Å²) in [5.41, 5.74) is 3.70. The fraction of sp³-hybridized carbons (Fsp3) is 0.211. The predicted octanol–water partition coefficient (Wildman–Crippen LogP) is 3.83. The molecule has 0 aliphatic rings. The summed E-state index contributed by atoms with van der Waals surface area (Å²) in [5, 5.41) is 6.65. The molecule has 6 heteroatoms. The lowest BCUT2D eigenvalue weighted by atomic mass is 10.1. The summed E-state index contributed by atoms with van der Waals surface area (Å²) in [7, 11) is 0. The zero-order chi connectivity index (χ0) is 17.8. The van der Waals surface area contributed by atoms with Gasteiger partial charge in [0, 0.05) is 18.1 Å². The SMILES string of the molecule is Cc1ccc(OCc2c(C(=O)Nc3ccncc3)noc2C)c(C)c1. The number of hydrogen-bond donors (Lipinski definition) is 1. The summed E-state index contributed by atoms with van der Waals surface area (Å²) in [6, 6.07) is 9.37. The summed E-state index contributed by atoms with van der Waals surface area (Å²) < 4.78 is 11.1. The number of amides is 1. The molecule has 2 heterocycles. The zero-order valence-corrected chi connectivity index (χ0v) is 14.4.